The first-order valence-corrected chi connectivity index (χ1v) is 10.6. The third-order valence-electron chi connectivity index (χ3n) is 4.06. The van der Waals surface area contributed by atoms with Crippen molar-refractivity contribution in [3.63, 3.8) is 0 Å². The van der Waals surface area contributed by atoms with E-state index < -0.39 is 11.9 Å². The van der Waals surface area contributed by atoms with Gasteiger partial charge in [0.15, 0.2) is 0 Å². The number of nitrogens with one attached hydrogen (secondary N) is 1. The Morgan fingerprint density at radius 2 is 1.97 bits per heavy atom. The summed E-state index contributed by atoms with van der Waals surface area (Å²) in [6.45, 7) is 3.93. The molecular weight excluding hydrogens is 404 g/mol. The fraction of sp³-hybridized carbons (Fsp3) is 0.136. The molecule has 0 aliphatic carbocycles. The van der Waals surface area contributed by atoms with Crippen LogP contribution in [0.2, 0.25) is 0 Å². The molecule has 0 spiro atoms. The number of amides is 1. The number of rotatable bonds is 6. The number of nitriles is 1. The molecule has 0 bridgehead atoms. The predicted molar refractivity (Wildman–Crippen MR) is 117 cm³/mol. The normalized spacial score (nSPS) is 11.0. The van der Waals surface area contributed by atoms with Crippen molar-refractivity contribution in [1.29, 1.82) is 5.26 Å². The molecule has 0 aliphatic heterocycles. The smallest absolute Gasteiger partial charge is 0.341 e. The second-order valence-electron chi connectivity index (χ2n) is 6.08. The van der Waals surface area contributed by atoms with Gasteiger partial charge >= 0.3 is 5.97 Å². The first-order chi connectivity index (χ1) is 14.0. The molecule has 29 heavy (non-hydrogen) atoms. The number of thiophene rings is 2. The average molecular weight is 423 g/mol. The number of hydrogen-bond acceptors (Lipinski definition) is 6. The fourth-order valence-electron chi connectivity index (χ4n) is 2.64. The molecule has 0 aliphatic rings. The van der Waals surface area contributed by atoms with Crippen LogP contribution in [-0.4, -0.2) is 18.5 Å². The maximum absolute atomic E-state index is 12.7. The highest BCUT2D eigenvalue weighted by atomic mass is 32.1. The van der Waals surface area contributed by atoms with Crippen molar-refractivity contribution in [1.82, 2.24) is 0 Å². The van der Waals surface area contributed by atoms with Crippen molar-refractivity contribution in [3.05, 3.63) is 68.7 Å². The maximum Gasteiger partial charge on any atom is 0.341 e. The number of carbonyl (C=O) groups excluding carboxylic acids is 2. The second-order valence-corrected chi connectivity index (χ2v) is 7.94. The van der Waals surface area contributed by atoms with Gasteiger partial charge in [0, 0.05) is 15.8 Å². The summed E-state index contributed by atoms with van der Waals surface area (Å²) >= 11 is 2.66. The third kappa shape index (κ3) is 4.80. The molecule has 0 atom stereocenters. The number of esters is 1. The Hall–Kier alpha value is -3.21. The van der Waals surface area contributed by atoms with E-state index in [1.165, 1.54) is 28.7 Å². The highest BCUT2D eigenvalue weighted by Crippen LogP contribution is 2.36. The number of benzene rings is 1. The lowest BCUT2D eigenvalue weighted by molar-refractivity contribution is -0.112. The molecule has 0 saturated heterocycles. The van der Waals surface area contributed by atoms with Gasteiger partial charge in [0.25, 0.3) is 5.91 Å². The summed E-state index contributed by atoms with van der Waals surface area (Å²) in [4.78, 5) is 26.1. The van der Waals surface area contributed by atoms with E-state index in [9.17, 15) is 14.9 Å². The Morgan fingerprint density at radius 3 is 2.59 bits per heavy atom. The van der Waals surface area contributed by atoms with E-state index in [2.05, 4.69) is 5.32 Å². The number of nitrogens with zero attached hydrogens (tertiary/aromatic N) is 1. The Kier molecular flexibility index (Phi) is 6.60. The molecule has 146 valence electrons. The SMILES string of the molecule is CCOC(=O)c1c(-c2ccc(C)cc2)csc1NC(=O)C(C#N)=Cc1cccs1. The van der Waals surface area contributed by atoms with Gasteiger partial charge in [0.05, 0.1) is 6.61 Å². The van der Waals surface area contributed by atoms with Crippen LogP contribution in [0.15, 0.2) is 52.7 Å². The van der Waals surface area contributed by atoms with Gasteiger partial charge in [-0.2, -0.15) is 5.26 Å². The van der Waals surface area contributed by atoms with Gasteiger partial charge in [-0.25, -0.2) is 4.79 Å². The van der Waals surface area contributed by atoms with Gasteiger partial charge in [-0.15, -0.1) is 22.7 Å². The van der Waals surface area contributed by atoms with Crippen molar-refractivity contribution < 1.29 is 14.3 Å². The summed E-state index contributed by atoms with van der Waals surface area (Å²) in [6.07, 6.45) is 1.53. The lowest BCUT2D eigenvalue weighted by atomic mass is 10.0. The van der Waals surface area contributed by atoms with Gasteiger partial charge in [0.1, 0.15) is 22.2 Å². The zero-order valence-electron chi connectivity index (χ0n) is 15.9. The quantitative estimate of drug-likeness (QED) is 0.323. The number of aryl methyl sites for hydroxylation is 1. The van der Waals surface area contributed by atoms with E-state index in [0.717, 1.165) is 16.0 Å². The summed E-state index contributed by atoms with van der Waals surface area (Å²) in [5, 5.41) is 16.1. The van der Waals surface area contributed by atoms with Crippen molar-refractivity contribution in [3.8, 4) is 17.2 Å². The van der Waals surface area contributed by atoms with Crippen LogP contribution in [0, 0.1) is 18.3 Å². The summed E-state index contributed by atoms with van der Waals surface area (Å²) in [6, 6.07) is 13.3. The van der Waals surface area contributed by atoms with Crippen LogP contribution in [0.1, 0.15) is 27.7 Å². The van der Waals surface area contributed by atoms with Crippen LogP contribution in [0.4, 0.5) is 5.00 Å². The van der Waals surface area contributed by atoms with E-state index in [1.54, 1.807) is 6.92 Å². The van der Waals surface area contributed by atoms with Crippen molar-refractivity contribution >= 4 is 45.6 Å². The zero-order valence-corrected chi connectivity index (χ0v) is 17.5. The summed E-state index contributed by atoms with van der Waals surface area (Å²) in [7, 11) is 0. The zero-order chi connectivity index (χ0) is 20.8. The molecular formula is C22H18N2O3S2. The van der Waals surface area contributed by atoms with Crippen LogP contribution in [0.5, 0.6) is 0 Å². The molecule has 1 aromatic carbocycles. The number of ether oxygens (including phenoxy) is 1. The van der Waals surface area contributed by atoms with E-state index >= 15 is 0 Å². The molecule has 2 aromatic heterocycles. The molecule has 0 fully saturated rings. The van der Waals surface area contributed by atoms with Gasteiger partial charge in [-0.05, 0) is 36.9 Å². The molecule has 0 radical (unpaired) electrons. The lowest BCUT2D eigenvalue weighted by Crippen LogP contribution is -2.16. The Morgan fingerprint density at radius 1 is 1.21 bits per heavy atom. The van der Waals surface area contributed by atoms with Crippen molar-refractivity contribution in [2.45, 2.75) is 13.8 Å². The standard InChI is InChI=1S/C22H18N2O3S2/c1-3-27-22(26)19-18(15-8-6-14(2)7-9-15)13-29-21(19)24-20(25)16(12-23)11-17-5-4-10-28-17/h4-11,13H,3H2,1-2H3,(H,24,25). The largest absolute Gasteiger partial charge is 0.462 e. The van der Waals surface area contributed by atoms with E-state index in [1.807, 2.05) is 60.2 Å². The van der Waals surface area contributed by atoms with Gasteiger partial charge in [-0.3, -0.25) is 4.79 Å². The monoisotopic (exact) mass is 422 g/mol. The van der Waals surface area contributed by atoms with Crippen LogP contribution in [-0.2, 0) is 9.53 Å². The van der Waals surface area contributed by atoms with Crippen LogP contribution >= 0.6 is 22.7 Å². The molecule has 5 nitrogen and oxygen atoms in total. The van der Waals surface area contributed by atoms with Crippen LogP contribution in [0.3, 0.4) is 0 Å². The minimum atomic E-state index is -0.566. The molecule has 3 aromatic rings. The van der Waals surface area contributed by atoms with Gasteiger partial charge in [-0.1, -0.05) is 35.9 Å². The molecule has 1 amide bonds. The molecule has 3 rings (SSSR count). The van der Waals surface area contributed by atoms with E-state index in [4.69, 9.17) is 4.74 Å². The molecule has 2 heterocycles. The molecule has 1 N–H and O–H groups in total. The average Bonchev–Trinajstić information content (AvgIpc) is 3.36. The molecule has 0 saturated carbocycles. The second kappa shape index (κ2) is 9.32. The topological polar surface area (TPSA) is 79.2 Å². The molecule has 0 unspecified atom stereocenters. The number of anilines is 1. The summed E-state index contributed by atoms with van der Waals surface area (Å²) < 4.78 is 5.20. The minimum Gasteiger partial charge on any atom is -0.462 e. The summed E-state index contributed by atoms with van der Waals surface area (Å²) in [5.74, 6) is -1.08. The molecule has 7 heteroatoms. The van der Waals surface area contributed by atoms with E-state index in [0.29, 0.717) is 16.1 Å². The Balaban J connectivity index is 1.96. The first-order valence-electron chi connectivity index (χ1n) is 8.85. The predicted octanol–water partition coefficient (Wildman–Crippen LogP) is 5.51. The van der Waals surface area contributed by atoms with Gasteiger partial charge in [0.2, 0.25) is 0 Å². The highest BCUT2D eigenvalue weighted by Gasteiger charge is 2.23. The minimum absolute atomic E-state index is 0.0347. The van der Waals surface area contributed by atoms with Crippen molar-refractivity contribution in [2.75, 3.05) is 11.9 Å². The number of hydrogen-bond donors (Lipinski definition) is 1. The van der Waals surface area contributed by atoms with Crippen LogP contribution < -0.4 is 5.32 Å². The first kappa shape index (κ1) is 20.5. The van der Waals surface area contributed by atoms with Crippen LogP contribution in [0.25, 0.3) is 17.2 Å². The lowest BCUT2D eigenvalue weighted by Gasteiger charge is -2.09. The van der Waals surface area contributed by atoms with Crippen molar-refractivity contribution in [2.24, 2.45) is 0 Å². The maximum atomic E-state index is 12.7. The Bertz CT molecular complexity index is 1090. The number of carbonyl (C=O) groups is 2. The third-order valence-corrected chi connectivity index (χ3v) is 5.77. The van der Waals surface area contributed by atoms with E-state index in [-0.39, 0.29) is 12.2 Å². The highest BCUT2D eigenvalue weighted by molar-refractivity contribution is 7.15. The Labute approximate surface area is 176 Å². The summed E-state index contributed by atoms with van der Waals surface area (Å²) in [5.41, 5.74) is 2.90. The fourth-order valence-corrected chi connectivity index (χ4v) is 4.25. The van der Waals surface area contributed by atoms with Gasteiger partial charge < -0.3 is 10.1 Å².